The fraction of sp³-hybridized carbons (Fsp3) is 0.476. The average Bonchev–Trinajstić information content (AvgIpc) is 3.51. The summed E-state index contributed by atoms with van der Waals surface area (Å²) in [6.45, 7) is 3.37. The molecule has 2 fully saturated rings. The van der Waals surface area contributed by atoms with Gasteiger partial charge in [-0.1, -0.05) is 0 Å². The number of pyridine rings is 1. The second-order valence-electron chi connectivity index (χ2n) is 8.03. The number of hydrogen-bond donors (Lipinski definition) is 0. The van der Waals surface area contributed by atoms with Crippen LogP contribution in [-0.2, 0) is 13.1 Å². The minimum atomic E-state index is -0.0141. The van der Waals surface area contributed by atoms with Crippen LogP contribution in [0.1, 0.15) is 43.4 Å². The Kier molecular flexibility index (Phi) is 4.93. The van der Waals surface area contributed by atoms with E-state index in [9.17, 15) is 4.79 Å². The van der Waals surface area contributed by atoms with Gasteiger partial charge < -0.3 is 4.42 Å². The van der Waals surface area contributed by atoms with Crippen LogP contribution in [0.25, 0.3) is 11.3 Å². The van der Waals surface area contributed by atoms with E-state index >= 15 is 0 Å². The highest BCUT2D eigenvalue weighted by Gasteiger charge is 2.30. The zero-order valence-corrected chi connectivity index (χ0v) is 16.3. The van der Waals surface area contributed by atoms with Crippen molar-refractivity contribution in [1.82, 2.24) is 29.6 Å². The second kappa shape index (κ2) is 7.87. The average molecular weight is 392 g/mol. The van der Waals surface area contributed by atoms with Gasteiger partial charge in [-0.3, -0.25) is 19.2 Å². The molecule has 0 bridgehead atoms. The number of likely N-dealkylation sites (tertiary alicyclic amines) is 1. The minimum absolute atomic E-state index is 0.0141. The zero-order chi connectivity index (χ0) is 19.6. The molecule has 1 saturated carbocycles. The number of rotatable bonds is 6. The first-order valence-corrected chi connectivity index (χ1v) is 10.3. The lowest BCUT2D eigenvalue weighted by molar-refractivity contribution is 0.153. The molecule has 0 radical (unpaired) electrons. The molecule has 1 aliphatic heterocycles. The minimum Gasteiger partial charge on any atom is -0.424 e. The van der Waals surface area contributed by atoms with Gasteiger partial charge in [0.05, 0.1) is 18.6 Å². The Bertz CT molecular complexity index is 1020. The summed E-state index contributed by atoms with van der Waals surface area (Å²) in [5.74, 6) is 2.49. The predicted molar refractivity (Wildman–Crippen MR) is 106 cm³/mol. The Balaban J connectivity index is 1.16. The zero-order valence-electron chi connectivity index (χ0n) is 16.3. The van der Waals surface area contributed by atoms with Crippen molar-refractivity contribution < 1.29 is 4.42 Å². The Hall–Kier alpha value is -2.87. The molecule has 150 valence electrons. The van der Waals surface area contributed by atoms with Crippen LogP contribution in [0.5, 0.6) is 0 Å². The fourth-order valence-electron chi connectivity index (χ4n) is 3.86. The predicted octanol–water partition coefficient (Wildman–Crippen LogP) is 2.48. The van der Waals surface area contributed by atoms with Crippen LogP contribution in [0.15, 0.2) is 46.1 Å². The van der Waals surface area contributed by atoms with Crippen LogP contribution in [0.3, 0.4) is 0 Å². The Morgan fingerprint density at radius 1 is 1.14 bits per heavy atom. The first-order valence-electron chi connectivity index (χ1n) is 10.3. The van der Waals surface area contributed by atoms with Crippen molar-refractivity contribution in [3.8, 4) is 11.3 Å². The van der Waals surface area contributed by atoms with Crippen LogP contribution in [0.2, 0.25) is 0 Å². The van der Waals surface area contributed by atoms with Gasteiger partial charge >= 0.3 is 0 Å². The summed E-state index contributed by atoms with van der Waals surface area (Å²) < 4.78 is 7.50. The molecule has 5 rings (SSSR count). The van der Waals surface area contributed by atoms with E-state index < -0.39 is 0 Å². The highest BCUT2D eigenvalue weighted by atomic mass is 16.4. The van der Waals surface area contributed by atoms with Crippen molar-refractivity contribution in [3.05, 3.63) is 59.1 Å². The molecule has 0 aromatic carbocycles. The van der Waals surface area contributed by atoms with E-state index in [1.54, 1.807) is 29.4 Å². The van der Waals surface area contributed by atoms with Gasteiger partial charge in [0.25, 0.3) is 5.56 Å². The van der Waals surface area contributed by atoms with Gasteiger partial charge in [0, 0.05) is 36.5 Å². The monoisotopic (exact) mass is 392 g/mol. The Labute approximate surface area is 168 Å². The molecule has 0 spiro atoms. The molecule has 3 aromatic heterocycles. The molecular formula is C21H24N6O2. The highest BCUT2D eigenvalue weighted by Crippen LogP contribution is 2.39. The summed E-state index contributed by atoms with van der Waals surface area (Å²) in [4.78, 5) is 23.4. The maximum Gasteiger partial charge on any atom is 0.253 e. The molecule has 8 heteroatoms. The smallest absolute Gasteiger partial charge is 0.253 e. The summed E-state index contributed by atoms with van der Waals surface area (Å²) in [7, 11) is 0. The Morgan fingerprint density at radius 2 is 2.00 bits per heavy atom. The summed E-state index contributed by atoms with van der Waals surface area (Å²) >= 11 is 0. The van der Waals surface area contributed by atoms with Crippen molar-refractivity contribution in [1.29, 1.82) is 0 Å². The van der Waals surface area contributed by atoms with E-state index in [1.807, 2.05) is 12.1 Å². The van der Waals surface area contributed by atoms with Crippen LogP contribution in [-0.4, -0.2) is 42.7 Å². The SMILES string of the molecule is O=c1cc(-c2cccnc2)ncn1CC1CCN(Cc2nnc(C3CC3)o2)CC1. The Morgan fingerprint density at radius 3 is 2.72 bits per heavy atom. The largest absolute Gasteiger partial charge is 0.424 e. The van der Waals surface area contributed by atoms with Crippen molar-refractivity contribution in [3.63, 3.8) is 0 Å². The van der Waals surface area contributed by atoms with Gasteiger partial charge in [0.15, 0.2) is 0 Å². The van der Waals surface area contributed by atoms with Crippen molar-refractivity contribution >= 4 is 0 Å². The van der Waals surface area contributed by atoms with Crippen LogP contribution in [0, 0.1) is 5.92 Å². The van der Waals surface area contributed by atoms with Crippen molar-refractivity contribution in [2.45, 2.75) is 44.7 Å². The van der Waals surface area contributed by atoms with Crippen molar-refractivity contribution in [2.24, 2.45) is 5.92 Å². The first-order chi connectivity index (χ1) is 14.2. The van der Waals surface area contributed by atoms with E-state index in [0.717, 1.165) is 43.3 Å². The topological polar surface area (TPSA) is 89.9 Å². The van der Waals surface area contributed by atoms with Gasteiger partial charge in [-0.2, -0.15) is 0 Å². The number of nitrogens with zero attached hydrogens (tertiary/aromatic N) is 6. The summed E-state index contributed by atoms with van der Waals surface area (Å²) in [5, 5.41) is 8.35. The third-order valence-electron chi connectivity index (χ3n) is 5.77. The molecule has 1 aliphatic carbocycles. The first kappa shape index (κ1) is 18.2. The van der Waals surface area contributed by atoms with Crippen LogP contribution >= 0.6 is 0 Å². The lowest BCUT2D eigenvalue weighted by Crippen LogP contribution is -2.36. The molecule has 0 N–H and O–H groups in total. The maximum atomic E-state index is 12.5. The van der Waals surface area contributed by atoms with Gasteiger partial charge in [-0.25, -0.2) is 4.98 Å². The van der Waals surface area contributed by atoms with Gasteiger partial charge in [-0.15, -0.1) is 10.2 Å². The molecule has 0 atom stereocenters. The third kappa shape index (κ3) is 4.27. The summed E-state index contributed by atoms with van der Waals surface area (Å²) in [6.07, 6.45) is 9.52. The number of aromatic nitrogens is 5. The fourth-order valence-corrected chi connectivity index (χ4v) is 3.86. The molecule has 0 amide bonds. The molecule has 4 heterocycles. The summed E-state index contributed by atoms with van der Waals surface area (Å²) in [6, 6.07) is 5.35. The van der Waals surface area contributed by atoms with E-state index in [1.165, 1.54) is 12.8 Å². The molecule has 2 aliphatic rings. The molecule has 1 saturated heterocycles. The third-order valence-corrected chi connectivity index (χ3v) is 5.77. The molecule has 29 heavy (non-hydrogen) atoms. The van der Waals surface area contributed by atoms with Crippen LogP contribution < -0.4 is 5.56 Å². The molecule has 3 aromatic rings. The number of piperidine rings is 1. The molecule has 8 nitrogen and oxygen atoms in total. The van der Waals surface area contributed by atoms with Crippen molar-refractivity contribution in [2.75, 3.05) is 13.1 Å². The van der Waals surface area contributed by atoms with Gasteiger partial charge in [0.2, 0.25) is 11.8 Å². The van der Waals surface area contributed by atoms with Crippen LogP contribution in [0.4, 0.5) is 0 Å². The molecular weight excluding hydrogens is 368 g/mol. The van der Waals surface area contributed by atoms with Gasteiger partial charge in [0.1, 0.15) is 0 Å². The van der Waals surface area contributed by atoms with E-state index in [-0.39, 0.29) is 5.56 Å². The lowest BCUT2D eigenvalue weighted by Gasteiger charge is -2.31. The maximum absolute atomic E-state index is 12.5. The lowest BCUT2D eigenvalue weighted by atomic mass is 9.96. The van der Waals surface area contributed by atoms with Gasteiger partial charge in [-0.05, 0) is 56.8 Å². The summed E-state index contributed by atoms with van der Waals surface area (Å²) in [5.41, 5.74) is 1.51. The van der Waals surface area contributed by atoms with E-state index in [2.05, 4.69) is 25.1 Å². The van der Waals surface area contributed by atoms with E-state index in [0.29, 0.717) is 30.6 Å². The standard InChI is InChI=1S/C21H24N6O2/c28-20-10-18(17-2-1-7-22-11-17)23-14-27(20)12-15-5-8-26(9-6-15)13-19-24-25-21(29-19)16-3-4-16/h1-2,7,10-11,14-16H,3-6,8-9,12-13H2. The normalized spacial score (nSPS) is 18.2. The number of hydrogen-bond acceptors (Lipinski definition) is 7. The quantitative estimate of drug-likeness (QED) is 0.636. The molecule has 0 unspecified atom stereocenters. The highest BCUT2D eigenvalue weighted by molar-refractivity contribution is 5.56. The second-order valence-corrected chi connectivity index (χ2v) is 8.03. The van der Waals surface area contributed by atoms with E-state index in [4.69, 9.17) is 4.42 Å².